The maximum absolute atomic E-state index is 11.9. The average molecular weight is 328 g/mol. The highest BCUT2D eigenvalue weighted by molar-refractivity contribution is 6.00. The Kier molecular flexibility index (Phi) is 8.14. The Balaban J connectivity index is 4.61. The van der Waals surface area contributed by atoms with E-state index in [1.165, 1.54) is 0 Å². The van der Waals surface area contributed by atoms with Crippen LogP contribution in [-0.4, -0.2) is 23.9 Å². The molecule has 0 aromatic carbocycles. The second-order valence-electron chi connectivity index (χ2n) is 6.24. The molecule has 0 fully saturated rings. The Labute approximate surface area is 137 Å². The second kappa shape index (κ2) is 8.79. The van der Waals surface area contributed by atoms with Crippen molar-refractivity contribution in [3.05, 3.63) is 0 Å². The third-order valence-electron chi connectivity index (χ3n) is 4.81. The van der Waals surface area contributed by atoms with E-state index < -0.39 is 41.1 Å². The summed E-state index contributed by atoms with van der Waals surface area (Å²) in [5.41, 5.74) is -1.53. The Morgan fingerprint density at radius 1 is 0.652 bits per heavy atom. The molecule has 0 amide bonds. The van der Waals surface area contributed by atoms with E-state index in [2.05, 4.69) is 0 Å². The molecule has 0 aromatic rings. The van der Waals surface area contributed by atoms with Crippen LogP contribution in [0, 0.1) is 10.8 Å². The van der Waals surface area contributed by atoms with Crippen molar-refractivity contribution in [2.24, 2.45) is 10.8 Å². The number of ether oxygens (including phenoxy) is 2. The minimum atomic E-state index is -1.00. The maximum Gasteiger partial charge on any atom is 0.324 e. The van der Waals surface area contributed by atoms with Gasteiger partial charge in [-0.2, -0.15) is 0 Å². The van der Waals surface area contributed by atoms with Crippen LogP contribution in [0.1, 0.15) is 73.6 Å². The summed E-state index contributed by atoms with van der Waals surface area (Å²) in [5, 5.41) is 0. The smallest absolute Gasteiger partial charge is 0.324 e. The number of carbonyl (C=O) groups is 4. The molecule has 6 heteroatoms. The predicted molar refractivity (Wildman–Crippen MR) is 84.2 cm³/mol. The lowest BCUT2D eigenvalue weighted by atomic mass is 9.85. The summed E-state index contributed by atoms with van der Waals surface area (Å²) in [6.45, 7) is 10.7. The summed E-state index contributed by atoms with van der Waals surface area (Å²) in [6.07, 6.45) is 1.31. The molecule has 23 heavy (non-hydrogen) atoms. The zero-order valence-corrected chi connectivity index (χ0v) is 15.0. The van der Waals surface area contributed by atoms with Crippen LogP contribution < -0.4 is 0 Å². The van der Waals surface area contributed by atoms with E-state index in [9.17, 15) is 19.2 Å². The molecule has 0 aliphatic rings. The first-order chi connectivity index (χ1) is 10.6. The highest BCUT2D eigenvalue weighted by atomic mass is 16.6. The fourth-order valence-corrected chi connectivity index (χ4v) is 1.72. The van der Waals surface area contributed by atoms with E-state index in [-0.39, 0.29) is 0 Å². The van der Waals surface area contributed by atoms with E-state index in [0.717, 1.165) is 0 Å². The first-order valence-corrected chi connectivity index (χ1v) is 8.08. The largest absolute Gasteiger partial charge is 0.392 e. The predicted octanol–water partition coefficient (Wildman–Crippen LogP) is 3.17. The molecule has 0 spiro atoms. The Bertz CT molecular complexity index is 416. The Hall–Kier alpha value is -1.72. The van der Waals surface area contributed by atoms with Crippen LogP contribution in [0.5, 0.6) is 0 Å². The third kappa shape index (κ3) is 5.77. The van der Waals surface area contributed by atoms with Gasteiger partial charge in [-0.1, -0.05) is 27.7 Å². The van der Waals surface area contributed by atoms with Gasteiger partial charge in [0.05, 0.1) is 10.8 Å². The lowest BCUT2D eigenvalue weighted by molar-refractivity contribution is -0.172. The molecule has 0 rings (SSSR count). The van der Waals surface area contributed by atoms with Gasteiger partial charge in [-0.25, -0.2) is 0 Å². The van der Waals surface area contributed by atoms with E-state index >= 15 is 0 Å². The van der Waals surface area contributed by atoms with Crippen molar-refractivity contribution in [3.8, 4) is 0 Å². The molecule has 6 nitrogen and oxygen atoms in total. The van der Waals surface area contributed by atoms with Gasteiger partial charge in [0.2, 0.25) is 0 Å². The van der Waals surface area contributed by atoms with Crippen molar-refractivity contribution >= 4 is 23.9 Å². The van der Waals surface area contributed by atoms with Crippen LogP contribution in [-0.2, 0) is 28.7 Å². The van der Waals surface area contributed by atoms with E-state index in [1.807, 2.05) is 27.7 Å². The van der Waals surface area contributed by atoms with Crippen molar-refractivity contribution in [2.75, 3.05) is 0 Å². The molecule has 0 unspecified atom stereocenters. The van der Waals surface area contributed by atoms with E-state index in [4.69, 9.17) is 9.47 Å². The SMILES string of the molecule is CCC(C)(CC)C(=O)OC(=O)CC(=O)OC(=O)C(C)(CC)CC. The number of carbonyl (C=O) groups excluding carboxylic acids is 4. The first kappa shape index (κ1) is 21.3. The molecular weight excluding hydrogens is 300 g/mol. The first-order valence-electron chi connectivity index (χ1n) is 8.08. The monoisotopic (exact) mass is 328 g/mol. The molecule has 132 valence electrons. The molecule has 0 atom stereocenters. The van der Waals surface area contributed by atoms with Crippen LogP contribution in [0.3, 0.4) is 0 Å². The summed E-state index contributed by atoms with van der Waals surface area (Å²) in [5.74, 6) is -3.34. The summed E-state index contributed by atoms with van der Waals surface area (Å²) in [4.78, 5) is 47.2. The van der Waals surface area contributed by atoms with Crippen molar-refractivity contribution in [1.82, 2.24) is 0 Å². The zero-order chi connectivity index (χ0) is 18.3. The highest BCUT2D eigenvalue weighted by Crippen LogP contribution is 2.28. The van der Waals surface area contributed by atoms with E-state index in [1.54, 1.807) is 13.8 Å². The fourth-order valence-electron chi connectivity index (χ4n) is 1.72. The second-order valence-corrected chi connectivity index (χ2v) is 6.24. The van der Waals surface area contributed by atoms with Gasteiger partial charge >= 0.3 is 23.9 Å². The molecule has 0 aromatic heterocycles. The van der Waals surface area contributed by atoms with Crippen LogP contribution >= 0.6 is 0 Å². The highest BCUT2D eigenvalue weighted by Gasteiger charge is 2.35. The van der Waals surface area contributed by atoms with Crippen LogP contribution in [0.15, 0.2) is 0 Å². The van der Waals surface area contributed by atoms with Crippen LogP contribution in [0.2, 0.25) is 0 Å². The molecule has 0 N–H and O–H groups in total. The number of hydrogen-bond donors (Lipinski definition) is 0. The summed E-state index contributed by atoms with van der Waals surface area (Å²) in [6, 6.07) is 0. The van der Waals surface area contributed by atoms with Gasteiger partial charge in [0.15, 0.2) is 0 Å². The summed E-state index contributed by atoms with van der Waals surface area (Å²) in [7, 11) is 0. The van der Waals surface area contributed by atoms with Crippen molar-refractivity contribution in [2.45, 2.75) is 73.6 Å². The number of hydrogen-bond acceptors (Lipinski definition) is 6. The van der Waals surface area contributed by atoms with Crippen LogP contribution in [0.25, 0.3) is 0 Å². The van der Waals surface area contributed by atoms with Gasteiger partial charge in [0, 0.05) is 0 Å². The Morgan fingerprint density at radius 2 is 0.913 bits per heavy atom. The summed E-state index contributed by atoms with van der Waals surface area (Å²) < 4.78 is 9.40. The maximum atomic E-state index is 11.9. The Morgan fingerprint density at radius 3 is 1.13 bits per heavy atom. The standard InChI is InChI=1S/C17H28O6/c1-7-16(5,8-2)14(20)22-12(18)11-13(19)23-15(21)17(6,9-3)10-4/h7-11H2,1-6H3. The zero-order valence-electron chi connectivity index (χ0n) is 15.0. The van der Waals surface area contributed by atoms with Crippen LogP contribution in [0.4, 0.5) is 0 Å². The van der Waals surface area contributed by atoms with E-state index in [0.29, 0.717) is 25.7 Å². The summed E-state index contributed by atoms with van der Waals surface area (Å²) >= 11 is 0. The fraction of sp³-hybridized carbons (Fsp3) is 0.765. The molecule has 0 radical (unpaired) electrons. The normalized spacial score (nSPS) is 11.7. The van der Waals surface area contributed by atoms with Crippen molar-refractivity contribution in [1.29, 1.82) is 0 Å². The minimum Gasteiger partial charge on any atom is -0.392 e. The minimum absolute atomic E-state index is 0.518. The molecule has 0 saturated heterocycles. The van der Waals surface area contributed by atoms with Gasteiger partial charge in [0.25, 0.3) is 0 Å². The molecule has 0 aliphatic heterocycles. The van der Waals surface area contributed by atoms with Crippen molar-refractivity contribution in [3.63, 3.8) is 0 Å². The van der Waals surface area contributed by atoms with Gasteiger partial charge in [-0.05, 0) is 39.5 Å². The average Bonchev–Trinajstić information content (AvgIpc) is 2.52. The van der Waals surface area contributed by atoms with Gasteiger partial charge < -0.3 is 9.47 Å². The molecule has 0 saturated carbocycles. The molecular formula is C17H28O6. The lowest BCUT2D eigenvalue weighted by Gasteiger charge is -2.24. The molecule has 0 heterocycles. The van der Waals surface area contributed by atoms with Gasteiger partial charge in [0.1, 0.15) is 6.42 Å². The lowest BCUT2D eigenvalue weighted by Crippen LogP contribution is -2.33. The van der Waals surface area contributed by atoms with Crippen molar-refractivity contribution < 1.29 is 28.7 Å². The topological polar surface area (TPSA) is 86.7 Å². The molecule has 0 aliphatic carbocycles. The number of esters is 4. The quantitative estimate of drug-likeness (QED) is 0.502. The van der Waals surface area contributed by atoms with Gasteiger partial charge in [-0.3, -0.25) is 19.2 Å². The number of rotatable bonds is 8. The van der Waals surface area contributed by atoms with Gasteiger partial charge in [-0.15, -0.1) is 0 Å². The third-order valence-corrected chi connectivity index (χ3v) is 4.81. The molecule has 0 bridgehead atoms.